The van der Waals surface area contributed by atoms with E-state index >= 15 is 0 Å². The molecule has 1 aromatic carbocycles. The van der Waals surface area contributed by atoms with Crippen molar-refractivity contribution in [2.45, 2.75) is 20.3 Å². The van der Waals surface area contributed by atoms with Crippen molar-refractivity contribution < 1.29 is 0 Å². The molecule has 0 spiro atoms. The third-order valence-electron chi connectivity index (χ3n) is 2.48. The second-order valence-corrected chi connectivity index (χ2v) is 4.79. The summed E-state index contributed by atoms with van der Waals surface area (Å²) in [4.78, 5) is 0. The summed E-state index contributed by atoms with van der Waals surface area (Å²) < 4.78 is 8.58. The van der Waals surface area contributed by atoms with Crippen molar-refractivity contribution in [3.63, 3.8) is 0 Å². The predicted octanol–water partition coefficient (Wildman–Crippen LogP) is 3.99. The molecule has 0 unspecified atom stereocenters. The van der Waals surface area contributed by atoms with Crippen LogP contribution in [0.2, 0.25) is 5.02 Å². The maximum absolute atomic E-state index is 6.12. The SMILES string of the molecule is CCCNc1nsnc1-c1ccc(C)c(Cl)c1. The third kappa shape index (κ3) is 2.76. The van der Waals surface area contributed by atoms with Crippen molar-refractivity contribution >= 4 is 29.1 Å². The van der Waals surface area contributed by atoms with E-state index in [1.165, 1.54) is 11.7 Å². The largest absolute Gasteiger partial charge is 0.367 e. The standard InChI is InChI=1S/C12H14ClN3S/c1-3-6-14-12-11(15-17-16-12)9-5-4-8(2)10(13)7-9/h4-5,7H,3,6H2,1-2H3,(H,14,16). The van der Waals surface area contributed by atoms with E-state index in [1.54, 1.807) is 0 Å². The van der Waals surface area contributed by atoms with Gasteiger partial charge in [0, 0.05) is 17.1 Å². The van der Waals surface area contributed by atoms with Crippen LogP contribution in [0.1, 0.15) is 18.9 Å². The molecular formula is C12H14ClN3S. The minimum Gasteiger partial charge on any atom is -0.367 e. The van der Waals surface area contributed by atoms with Crippen LogP contribution in [0, 0.1) is 6.92 Å². The van der Waals surface area contributed by atoms with E-state index < -0.39 is 0 Å². The van der Waals surface area contributed by atoms with E-state index in [1.807, 2.05) is 25.1 Å². The van der Waals surface area contributed by atoms with Crippen LogP contribution in [0.15, 0.2) is 18.2 Å². The van der Waals surface area contributed by atoms with Gasteiger partial charge >= 0.3 is 0 Å². The third-order valence-corrected chi connectivity index (χ3v) is 3.41. The van der Waals surface area contributed by atoms with Crippen LogP contribution < -0.4 is 5.32 Å². The quantitative estimate of drug-likeness (QED) is 0.910. The van der Waals surface area contributed by atoms with Gasteiger partial charge in [0.2, 0.25) is 0 Å². The molecular weight excluding hydrogens is 254 g/mol. The van der Waals surface area contributed by atoms with Gasteiger partial charge in [-0.1, -0.05) is 30.7 Å². The van der Waals surface area contributed by atoms with Crippen molar-refractivity contribution in [3.05, 3.63) is 28.8 Å². The Morgan fingerprint density at radius 1 is 1.35 bits per heavy atom. The van der Waals surface area contributed by atoms with Gasteiger partial charge < -0.3 is 5.32 Å². The van der Waals surface area contributed by atoms with Crippen LogP contribution in [-0.4, -0.2) is 15.3 Å². The number of benzene rings is 1. The summed E-state index contributed by atoms with van der Waals surface area (Å²) in [6.07, 6.45) is 1.06. The molecule has 0 aliphatic rings. The molecule has 2 rings (SSSR count). The number of hydrogen-bond acceptors (Lipinski definition) is 4. The van der Waals surface area contributed by atoms with Gasteiger partial charge in [0.1, 0.15) is 5.69 Å². The first-order valence-electron chi connectivity index (χ1n) is 5.55. The van der Waals surface area contributed by atoms with E-state index in [9.17, 15) is 0 Å². The lowest BCUT2D eigenvalue weighted by Crippen LogP contribution is -2.01. The molecule has 17 heavy (non-hydrogen) atoms. The van der Waals surface area contributed by atoms with Gasteiger partial charge in [-0.3, -0.25) is 0 Å². The zero-order valence-electron chi connectivity index (χ0n) is 9.83. The fourth-order valence-electron chi connectivity index (χ4n) is 1.48. The Morgan fingerprint density at radius 2 is 2.18 bits per heavy atom. The normalized spacial score (nSPS) is 10.5. The molecule has 90 valence electrons. The molecule has 0 atom stereocenters. The number of halogens is 1. The summed E-state index contributed by atoms with van der Waals surface area (Å²) in [6, 6.07) is 5.96. The maximum Gasteiger partial charge on any atom is 0.168 e. The number of nitrogens with zero attached hydrogens (tertiary/aromatic N) is 2. The highest BCUT2D eigenvalue weighted by atomic mass is 35.5. The number of aromatic nitrogens is 2. The van der Waals surface area contributed by atoms with E-state index in [0.29, 0.717) is 0 Å². The van der Waals surface area contributed by atoms with Crippen molar-refractivity contribution in [2.75, 3.05) is 11.9 Å². The van der Waals surface area contributed by atoms with Crippen LogP contribution >= 0.6 is 23.3 Å². The average Bonchev–Trinajstić information content (AvgIpc) is 2.78. The summed E-state index contributed by atoms with van der Waals surface area (Å²) in [5.41, 5.74) is 2.96. The van der Waals surface area contributed by atoms with Crippen molar-refractivity contribution in [3.8, 4) is 11.3 Å². The fourth-order valence-corrected chi connectivity index (χ4v) is 2.21. The van der Waals surface area contributed by atoms with Gasteiger partial charge in [0.25, 0.3) is 0 Å². The first-order valence-corrected chi connectivity index (χ1v) is 6.66. The first-order chi connectivity index (χ1) is 8.22. The number of rotatable bonds is 4. The molecule has 3 nitrogen and oxygen atoms in total. The molecule has 1 N–H and O–H groups in total. The Bertz CT molecular complexity index is 510. The smallest absolute Gasteiger partial charge is 0.168 e. The van der Waals surface area contributed by atoms with Gasteiger partial charge in [-0.05, 0) is 25.0 Å². The van der Waals surface area contributed by atoms with E-state index in [4.69, 9.17) is 11.6 Å². The van der Waals surface area contributed by atoms with Crippen LogP contribution in [0.25, 0.3) is 11.3 Å². The summed E-state index contributed by atoms with van der Waals surface area (Å²) in [6.45, 7) is 5.01. The number of hydrogen-bond donors (Lipinski definition) is 1. The van der Waals surface area contributed by atoms with E-state index in [0.717, 1.165) is 40.6 Å². The van der Waals surface area contributed by atoms with Crippen molar-refractivity contribution in [2.24, 2.45) is 0 Å². The van der Waals surface area contributed by atoms with Crippen LogP contribution in [0.3, 0.4) is 0 Å². The van der Waals surface area contributed by atoms with Crippen molar-refractivity contribution in [1.82, 2.24) is 8.75 Å². The summed E-state index contributed by atoms with van der Waals surface area (Å²) in [5.74, 6) is 0.844. The number of anilines is 1. The maximum atomic E-state index is 6.12. The summed E-state index contributed by atoms with van der Waals surface area (Å²) >= 11 is 7.34. The number of aryl methyl sites for hydroxylation is 1. The molecule has 0 aliphatic heterocycles. The van der Waals surface area contributed by atoms with Gasteiger partial charge in [0.05, 0.1) is 11.7 Å². The Kier molecular flexibility index (Phi) is 3.97. The molecule has 1 heterocycles. The van der Waals surface area contributed by atoms with Crippen LogP contribution in [-0.2, 0) is 0 Å². The Labute approximate surface area is 110 Å². The first kappa shape index (κ1) is 12.3. The Balaban J connectivity index is 2.32. The van der Waals surface area contributed by atoms with Crippen LogP contribution in [0.5, 0.6) is 0 Å². The molecule has 2 aromatic rings. The summed E-state index contributed by atoms with van der Waals surface area (Å²) in [5, 5.41) is 4.03. The molecule has 0 aliphatic carbocycles. The second-order valence-electron chi connectivity index (χ2n) is 3.85. The topological polar surface area (TPSA) is 37.8 Å². The highest BCUT2D eigenvalue weighted by Gasteiger charge is 2.10. The fraction of sp³-hybridized carbons (Fsp3) is 0.333. The Morgan fingerprint density at radius 3 is 2.88 bits per heavy atom. The van der Waals surface area contributed by atoms with E-state index in [-0.39, 0.29) is 0 Å². The average molecular weight is 268 g/mol. The lowest BCUT2D eigenvalue weighted by molar-refractivity contribution is 0.974. The van der Waals surface area contributed by atoms with E-state index in [2.05, 4.69) is 21.0 Å². The van der Waals surface area contributed by atoms with Gasteiger partial charge in [-0.25, -0.2) is 0 Å². The predicted molar refractivity (Wildman–Crippen MR) is 73.9 cm³/mol. The molecule has 0 saturated carbocycles. The molecule has 0 fully saturated rings. The Hall–Kier alpha value is -1.13. The molecule has 1 aromatic heterocycles. The lowest BCUT2D eigenvalue weighted by atomic mass is 10.1. The van der Waals surface area contributed by atoms with Crippen molar-refractivity contribution in [1.29, 1.82) is 0 Å². The molecule has 5 heteroatoms. The molecule has 0 saturated heterocycles. The van der Waals surface area contributed by atoms with Crippen LogP contribution in [0.4, 0.5) is 5.82 Å². The zero-order chi connectivity index (χ0) is 12.3. The number of nitrogens with one attached hydrogen (secondary N) is 1. The zero-order valence-corrected chi connectivity index (χ0v) is 11.4. The molecule has 0 radical (unpaired) electrons. The highest BCUT2D eigenvalue weighted by molar-refractivity contribution is 6.99. The van der Waals surface area contributed by atoms with Gasteiger partial charge in [-0.2, -0.15) is 8.75 Å². The molecule has 0 amide bonds. The van der Waals surface area contributed by atoms with Gasteiger partial charge in [0.15, 0.2) is 5.82 Å². The minimum atomic E-state index is 0.761. The highest BCUT2D eigenvalue weighted by Crippen LogP contribution is 2.29. The monoisotopic (exact) mass is 267 g/mol. The summed E-state index contributed by atoms with van der Waals surface area (Å²) in [7, 11) is 0. The van der Waals surface area contributed by atoms with Gasteiger partial charge in [-0.15, -0.1) is 0 Å². The second kappa shape index (κ2) is 5.47. The molecule has 0 bridgehead atoms. The lowest BCUT2D eigenvalue weighted by Gasteiger charge is -2.05. The minimum absolute atomic E-state index is 0.761.